The Balaban J connectivity index is 1.93. The second-order valence-electron chi connectivity index (χ2n) is 4.27. The number of hydrogen-bond donors (Lipinski definition) is 2. The van der Waals surface area contributed by atoms with E-state index in [1.165, 1.54) is 11.3 Å². The number of carbonyl (C=O) groups excluding carboxylic acids is 1. The van der Waals surface area contributed by atoms with Crippen molar-refractivity contribution in [1.82, 2.24) is 4.98 Å². The van der Waals surface area contributed by atoms with Crippen LogP contribution in [-0.2, 0) is 9.53 Å². The molecule has 19 heavy (non-hydrogen) atoms. The third-order valence-electron chi connectivity index (χ3n) is 2.90. The van der Waals surface area contributed by atoms with E-state index in [1.54, 1.807) is 6.20 Å². The number of rotatable bonds is 3. The minimum atomic E-state index is -0.104. The lowest BCUT2D eigenvalue weighted by atomic mass is 10.0. The summed E-state index contributed by atoms with van der Waals surface area (Å²) in [6.45, 7) is 2.59. The molecule has 2 N–H and O–H groups in total. The summed E-state index contributed by atoms with van der Waals surface area (Å²) in [6, 6.07) is 0. The van der Waals surface area contributed by atoms with Crippen LogP contribution >= 0.6 is 11.3 Å². The molecule has 1 aliphatic rings. The normalized spacial score (nSPS) is 21.8. The van der Waals surface area contributed by atoms with Gasteiger partial charge in [-0.05, 0) is 13.3 Å². The number of aromatic nitrogens is 1. The molecule has 0 bridgehead atoms. The van der Waals surface area contributed by atoms with Gasteiger partial charge in [0.2, 0.25) is 5.91 Å². The molecule has 1 amide bonds. The van der Waals surface area contributed by atoms with Crippen LogP contribution in [0.1, 0.15) is 24.6 Å². The average Bonchev–Trinajstić information content (AvgIpc) is 2.99. The Kier molecular flexibility index (Phi) is 4.91. The number of aliphatic hydroxyl groups is 1. The van der Waals surface area contributed by atoms with E-state index in [1.807, 2.05) is 6.92 Å². The molecular formula is C13H16N2O3S. The van der Waals surface area contributed by atoms with Crippen LogP contribution in [0, 0.1) is 17.8 Å². The topological polar surface area (TPSA) is 71.5 Å². The highest BCUT2D eigenvalue weighted by Gasteiger charge is 2.31. The summed E-state index contributed by atoms with van der Waals surface area (Å²) < 4.78 is 5.37. The molecule has 2 unspecified atom stereocenters. The van der Waals surface area contributed by atoms with E-state index in [-0.39, 0.29) is 24.5 Å². The molecule has 1 aliphatic heterocycles. The Bertz CT molecular complexity index is 503. The maximum absolute atomic E-state index is 12.0. The summed E-state index contributed by atoms with van der Waals surface area (Å²) in [4.78, 5) is 16.9. The maximum Gasteiger partial charge on any atom is 0.231 e. The van der Waals surface area contributed by atoms with E-state index in [9.17, 15) is 4.79 Å². The summed E-state index contributed by atoms with van der Waals surface area (Å²) in [5.41, 5.74) is 0. The fraction of sp³-hybridized carbons (Fsp3) is 0.538. The Hall–Kier alpha value is -1.42. The van der Waals surface area contributed by atoms with Crippen molar-refractivity contribution in [3.05, 3.63) is 11.1 Å². The van der Waals surface area contributed by atoms with Gasteiger partial charge in [-0.25, -0.2) is 4.98 Å². The van der Waals surface area contributed by atoms with Gasteiger partial charge in [0.05, 0.1) is 29.7 Å². The molecule has 1 aromatic heterocycles. The molecule has 0 aromatic carbocycles. The fourth-order valence-electron chi connectivity index (χ4n) is 1.87. The predicted octanol–water partition coefficient (Wildman–Crippen LogP) is 1.24. The molecule has 2 rings (SSSR count). The quantitative estimate of drug-likeness (QED) is 0.817. The largest absolute Gasteiger partial charge is 0.395 e. The molecule has 0 radical (unpaired) electrons. The van der Waals surface area contributed by atoms with Crippen LogP contribution in [0.2, 0.25) is 0 Å². The molecule has 102 valence electrons. The molecule has 1 aromatic rings. The van der Waals surface area contributed by atoms with E-state index in [0.29, 0.717) is 18.2 Å². The molecule has 0 saturated carbocycles. The van der Waals surface area contributed by atoms with Crippen LogP contribution in [0.5, 0.6) is 0 Å². The number of amides is 1. The number of aliphatic hydroxyl groups excluding tert-OH is 1. The van der Waals surface area contributed by atoms with Crippen molar-refractivity contribution in [2.24, 2.45) is 5.92 Å². The second kappa shape index (κ2) is 6.66. The summed E-state index contributed by atoms with van der Waals surface area (Å²) in [5.74, 6) is 5.55. The maximum atomic E-state index is 12.0. The van der Waals surface area contributed by atoms with Gasteiger partial charge in [-0.1, -0.05) is 23.2 Å². The molecule has 2 atom stereocenters. The lowest BCUT2D eigenvalue weighted by Crippen LogP contribution is -2.27. The predicted molar refractivity (Wildman–Crippen MR) is 72.8 cm³/mol. The van der Waals surface area contributed by atoms with Crippen LogP contribution in [0.25, 0.3) is 0 Å². The first kappa shape index (κ1) is 14.0. The van der Waals surface area contributed by atoms with Crippen molar-refractivity contribution in [2.75, 3.05) is 18.5 Å². The molecule has 6 heteroatoms. The lowest BCUT2D eigenvalue weighted by Gasteiger charge is -2.12. The zero-order chi connectivity index (χ0) is 13.7. The van der Waals surface area contributed by atoms with Gasteiger partial charge >= 0.3 is 0 Å². The highest BCUT2D eigenvalue weighted by molar-refractivity contribution is 7.16. The first-order valence-corrected chi connectivity index (χ1v) is 7.00. The average molecular weight is 280 g/mol. The molecular weight excluding hydrogens is 264 g/mol. The number of hydrogen-bond acceptors (Lipinski definition) is 5. The number of thiazole rings is 1. The van der Waals surface area contributed by atoms with E-state index in [2.05, 4.69) is 22.1 Å². The van der Waals surface area contributed by atoms with Gasteiger partial charge in [0.25, 0.3) is 0 Å². The highest BCUT2D eigenvalue weighted by Crippen LogP contribution is 2.24. The smallest absolute Gasteiger partial charge is 0.231 e. The second-order valence-corrected chi connectivity index (χ2v) is 5.30. The molecule has 2 heterocycles. The van der Waals surface area contributed by atoms with E-state index in [0.717, 1.165) is 11.3 Å². The Labute approximate surface area is 116 Å². The Morgan fingerprint density at radius 1 is 1.74 bits per heavy atom. The Morgan fingerprint density at radius 2 is 2.58 bits per heavy atom. The summed E-state index contributed by atoms with van der Waals surface area (Å²) in [7, 11) is 0. The number of anilines is 1. The summed E-state index contributed by atoms with van der Waals surface area (Å²) >= 11 is 1.33. The molecule has 5 nitrogen and oxygen atoms in total. The third kappa shape index (κ3) is 3.77. The van der Waals surface area contributed by atoms with Gasteiger partial charge in [-0.2, -0.15) is 0 Å². The highest BCUT2D eigenvalue weighted by atomic mass is 32.1. The van der Waals surface area contributed by atoms with Crippen molar-refractivity contribution in [1.29, 1.82) is 0 Å². The summed E-state index contributed by atoms with van der Waals surface area (Å²) in [5, 5.41) is 12.0. The van der Waals surface area contributed by atoms with E-state index in [4.69, 9.17) is 9.84 Å². The fourth-order valence-corrected chi connectivity index (χ4v) is 2.56. The van der Waals surface area contributed by atoms with Crippen molar-refractivity contribution in [3.63, 3.8) is 0 Å². The first-order valence-electron chi connectivity index (χ1n) is 6.18. The monoisotopic (exact) mass is 280 g/mol. The van der Waals surface area contributed by atoms with Crippen LogP contribution in [0.4, 0.5) is 5.13 Å². The SMILES string of the molecule is CC1OCCC1C(=O)Nc1ncc(C#CCCO)s1. The van der Waals surface area contributed by atoms with Gasteiger partial charge in [0.1, 0.15) is 0 Å². The zero-order valence-electron chi connectivity index (χ0n) is 10.7. The van der Waals surface area contributed by atoms with Crippen molar-refractivity contribution >= 4 is 22.4 Å². The van der Waals surface area contributed by atoms with Gasteiger partial charge in [0.15, 0.2) is 5.13 Å². The van der Waals surface area contributed by atoms with Gasteiger partial charge in [0, 0.05) is 13.0 Å². The number of ether oxygens (including phenoxy) is 1. The third-order valence-corrected chi connectivity index (χ3v) is 3.73. The van der Waals surface area contributed by atoms with Crippen LogP contribution < -0.4 is 5.32 Å². The number of carbonyl (C=O) groups is 1. The molecule has 1 saturated heterocycles. The van der Waals surface area contributed by atoms with Gasteiger partial charge in [-0.15, -0.1) is 0 Å². The number of nitrogens with one attached hydrogen (secondary N) is 1. The van der Waals surface area contributed by atoms with Crippen molar-refractivity contribution < 1.29 is 14.6 Å². The van der Waals surface area contributed by atoms with Crippen LogP contribution in [0.15, 0.2) is 6.20 Å². The Morgan fingerprint density at radius 3 is 3.26 bits per heavy atom. The molecule has 0 aliphatic carbocycles. The zero-order valence-corrected chi connectivity index (χ0v) is 11.5. The first-order chi connectivity index (χ1) is 9.20. The van der Waals surface area contributed by atoms with E-state index >= 15 is 0 Å². The van der Waals surface area contributed by atoms with Gasteiger partial charge < -0.3 is 15.2 Å². The van der Waals surface area contributed by atoms with Gasteiger partial charge in [-0.3, -0.25) is 4.79 Å². The molecule has 0 spiro atoms. The molecule has 1 fully saturated rings. The van der Waals surface area contributed by atoms with Crippen molar-refractivity contribution in [2.45, 2.75) is 25.9 Å². The minimum absolute atomic E-state index is 0.0382. The van der Waals surface area contributed by atoms with Crippen molar-refractivity contribution in [3.8, 4) is 11.8 Å². The van der Waals surface area contributed by atoms with E-state index < -0.39 is 0 Å². The standard InChI is InChI=1S/C13H16N2O3S/c1-9-11(5-7-18-9)12(17)15-13-14-8-10(19-13)4-2-3-6-16/h8-9,11,16H,3,5-7H2,1H3,(H,14,15,17). The summed E-state index contributed by atoms with van der Waals surface area (Å²) in [6.07, 6.45) is 2.78. The minimum Gasteiger partial charge on any atom is -0.395 e. The van der Waals surface area contributed by atoms with Crippen LogP contribution in [-0.4, -0.2) is 35.3 Å². The van der Waals surface area contributed by atoms with Crippen LogP contribution in [0.3, 0.4) is 0 Å². The number of nitrogens with zero attached hydrogens (tertiary/aromatic N) is 1. The lowest BCUT2D eigenvalue weighted by molar-refractivity contribution is -0.121.